The van der Waals surface area contributed by atoms with Crippen molar-refractivity contribution in [1.82, 2.24) is 25.4 Å². The summed E-state index contributed by atoms with van der Waals surface area (Å²) in [4.78, 5) is 18.5. The molecule has 0 saturated carbocycles. The highest BCUT2D eigenvalue weighted by atomic mass is 32.1. The average Bonchev–Trinajstić information content (AvgIpc) is 3.14. The molecule has 1 aliphatic rings. The molecule has 1 atom stereocenters. The number of carbonyl (C=O) groups is 1. The van der Waals surface area contributed by atoms with E-state index in [2.05, 4.69) is 20.5 Å². The van der Waals surface area contributed by atoms with E-state index in [1.807, 2.05) is 19.2 Å². The zero-order valence-electron chi connectivity index (χ0n) is 13.8. The number of nitrogens with one attached hydrogen (secondary N) is 2. The van der Waals surface area contributed by atoms with Gasteiger partial charge in [-0.1, -0.05) is 0 Å². The summed E-state index contributed by atoms with van der Waals surface area (Å²) in [5.41, 5.74) is 4.53. The maximum atomic E-state index is 12.4. The third-order valence-corrected chi connectivity index (χ3v) is 5.37. The van der Waals surface area contributed by atoms with Gasteiger partial charge in [-0.3, -0.25) is 5.10 Å². The van der Waals surface area contributed by atoms with Gasteiger partial charge in [0.25, 0.3) is 0 Å². The van der Waals surface area contributed by atoms with Gasteiger partial charge in [-0.2, -0.15) is 5.10 Å². The first-order valence-corrected chi connectivity index (χ1v) is 8.91. The van der Waals surface area contributed by atoms with E-state index in [1.54, 1.807) is 23.3 Å². The summed E-state index contributed by atoms with van der Waals surface area (Å²) in [5, 5.41) is 13.5. The van der Waals surface area contributed by atoms with E-state index in [1.165, 1.54) is 24.1 Å². The molecule has 124 valence electrons. The van der Waals surface area contributed by atoms with Crippen LogP contribution in [0.15, 0.2) is 5.38 Å². The van der Waals surface area contributed by atoms with Gasteiger partial charge in [-0.15, -0.1) is 11.3 Å². The van der Waals surface area contributed by atoms with Crippen LogP contribution in [0, 0.1) is 6.92 Å². The number of aryl methyl sites for hydroxylation is 2. The number of hydrogen-bond acceptors (Lipinski definition) is 4. The summed E-state index contributed by atoms with van der Waals surface area (Å²) in [5.74, 6) is 0. The van der Waals surface area contributed by atoms with E-state index >= 15 is 0 Å². The number of H-pyrrole nitrogens is 1. The molecule has 0 aromatic carbocycles. The van der Waals surface area contributed by atoms with Crippen LogP contribution in [0.2, 0.25) is 0 Å². The molecule has 1 unspecified atom stereocenters. The van der Waals surface area contributed by atoms with E-state index in [-0.39, 0.29) is 12.1 Å². The first kappa shape index (κ1) is 16.0. The van der Waals surface area contributed by atoms with Crippen molar-refractivity contribution < 1.29 is 4.79 Å². The Bertz CT molecular complexity index is 692. The van der Waals surface area contributed by atoms with Gasteiger partial charge in [-0.05, 0) is 45.1 Å². The van der Waals surface area contributed by atoms with Crippen molar-refractivity contribution in [3.63, 3.8) is 0 Å². The predicted molar refractivity (Wildman–Crippen MR) is 90.5 cm³/mol. The number of hydrogen-bond donors (Lipinski definition) is 2. The molecule has 0 saturated heterocycles. The molecule has 6 nitrogen and oxygen atoms in total. The lowest BCUT2D eigenvalue weighted by molar-refractivity contribution is 0.203. The third kappa shape index (κ3) is 3.55. The van der Waals surface area contributed by atoms with Crippen LogP contribution >= 0.6 is 11.3 Å². The third-order valence-electron chi connectivity index (χ3n) is 4.22. The zero-order chi connectivity index (χ0) is 16.4. The van der Waals surface area contributed by atoms with Gasteiger partial charge in [0.15, 0.2) is 0 Å². The highest BCUT2D eigenvalue weighted by Crippen LogP contribution is 2.23. The number of thiazole rings is 1. The van der Waals surface area contributed by atoms with Crippen LogP contribution in [-0.4, -0.2) is 33.2 Å². The van der Waals surface area contributed by atoms with Crippen LogP contribution in [-0.2, 0) is 19.4 Å². The lowest BCUT2D eigenvalue weighted by Crippen LogP contribution is -2.38. The van der Waals surface area contributed by atoms with Crippen LogP contribution in [0.4, 0.5) is 4.79 Å². The molecule has 0 spiro atoms. The van der Waals surface area contributed by atoms with Gasteiger partial charge in [0, 0.05) is 23.8 Å². The second kappa shape index (κ2) is 6.70. The standard InChI is InChI=1S/C16H23N5OS/c1-10-9-23-15(17-10)11(2)18-16(22)21(3)8-14-12-6-4-5-7-13(12)19-20-14/h9,11H,4-8H2,1-3H3,(H,18,22)(H,19,20). The van der Waals surface area contributed by atoms with Crippen molar-refractivity contribution in [2.45, 2.75) is 52.1 Å². The topological polar surface area (TPSA) is 73.9 Å². The number of urea groups is 1. The molecule has 2 heterocycles. The number of carbonyl (C=O) groups excluding carboxylic acids is 1. The molecule has 2 aromatic rings. The normalized spacial score (nSPS) is 15.1. The number of amides is 2. The summed E-state index contributed by atoms with van der Waals surface area (Å²) >= 11 is 1.57. The minimum absolute atomic E-state index is 0.0863. The summed E-state index contributed by atoms with van der Waals surface area (Å²) in [7, 11) is 1.80. The van der Waals surface area contributed by atoms with Crippen LogP contribution < -0.4 is 5.32 Å². The van der Waals surface area contributed by atoms with Crippen molar-refractivity contribution in [3.05, 3.63) is 33.0 Å². The first-order valence-electron chi connectivity index (χ1n) is 8.03. The fourth-order valence-corrected chi connectivity index (χ4v) is 3.71. The van der Waals surface area contributed by atoms with Gasteiger partial charge in [0.1, 0.15) is 5.01 Å². The van der Waals surface area contributed by atoms with Crippen LogP contribution in [0.25, 0.3) is 0 Å². The van der Waals surface area contributed by atoms with E-state index in [9.17, 15) is 4.79 Å². The zero-order valence-corrected chi connectivity index (χ0v) is 14.7. The fourth-order valence-electron chi connectivity index (χ4n) is 2.91. The molecule has 2 aromatic heterocycles. The largest absolute Gasteiger partial charge is 0.329 e. The van der Waals surface area contributed by atoms with E-state index in [0.29, 0.717) is 6.54 Å². The quantitative estimate of drug-likeness (QED) is 0.903. The number of nitrogens with zero attached hydrogens (tertiary/aromatic N) is 3. The van der Waals surface area contributed by atoms with Crippen molar-refractivity contribution in [2.24, 2.45) is 0 Å². The summed E-state index contributed by atoms with van der Waals surface area (Å²) in [6.45, 7) is 4.45. The Balaban J connectivity index is 1.60. The minimum Gasteiger partial charge on any atom is -0.329 e. The molecule has 1 aliphatic carbocycles. The number of aromatic amines is 1. The Hall–Kier alpha value is -1.89. The SMILES string of the molecule is Cc1csc(C(C)NC(=O)N(C)Cc2n[nH]c3c2CCCC3)n1. The van der Waals surface area contributed by atoms with Crippen molar-refractivity contribution in [2.75, 3.05) is 7.05 Å². The molecule has 2 amide bonds. The lowest BCUT2D eigenvalue weighted by atomic mass is 9.96. The van der Waals surface area contributed by atoms with Gasteiger partial charge in [0.05, 0.1) is 18.3 Å². The number of rotatable bonds is 4. The molecule has 0 fully saturated rings. The highest BCUT2D eigenvalue weighted by Gasteiger charge is 2.20. The molecule has 23 heavy (non-hydrogen) atoms. The van der Waals surface area contributed by atoms with Gasteiger partial charge in [0.2, 0.25) is 0 Å². The monoisotopic (exact) mass is 333 g/mol. The van der Waals surface area contributed by atoms with Gasteiger partial charge >= 0.3 is 6.03 Å². The Morgan fingerprint density at radius 2 is 2.26 bits per heavy atom. The molecule has 3 rings (SSSR count). The fraction of sp³-hybridized carbons (Fsp3) is 0.562. The van der Waals surface area contributed by atoms with Crippen molar-refractivity contribution in [1.29, 1.82) is 0 Å². The number of fused-ring (bicyclic) bond motifs is 1. The Morgan fingerprint density at radius 1 is 1.48 bits per heavy atom. The predicted octanol–water partition coefficient (Wildman–Crippen LogP) is 2.96. The lowest BCUT2D eigenvalue weighted by Gasteiger charge is -2.20. The molecule has 0 aliphatic heterocycles. The summed E-state index contributed by atoms with van der Waals surface area (Å²) in [6.07, 6.45) is 4.55. The Labute approximate surface area is 140 Å². The van der Waals surface area contributed by atoms with Crippen LogP contribution in [0.3, 0.4) is 0 Å². The Morgan fingerprint density at radius 3 is 3.00 bits per heavy atom. The second-order valence-electron chi connectivity index (χ2n) is 6.19. The van der Waals surface area contributed by atoms with Gasteiger partial charge < -0.3 is 10.2 Å². The highest BCUT2D eigenvalue weighted by molar-refractivity contribution is 7.09. The van der Waals surface area contributed by atoms with Crippen molar-refractivity contribution >= 4 is 17.4 Å². The van der Waals surface area contributed by atoms with Crippen LogP contribution in [0.1, 0.15) is 53.5 Å². The Kier molecular flexibility index (Phi) is 4.66. The van der Waals surface area contributed by atoms with Crippen molar-refractivity contribution in [3.8, 4) is 0 Å². The molecule has 7 heteroatoms. The molecule has 0 bridgehead atoms. The maximum Gasteiger partial charge on any atom is 0.318 e. The molecular weight excluding hydrogens is 310 g/mol. The molecule has 2 N–H and O–H groups in total. The average molecular weight is 333 g/mol. The van der Waals surface area contributed by atoms with Crippen LogP contribution in [0.5, 0.6) is 0 Å². The molecular formula is C16H23N5OS. The van der Waals surface area contributed by atoms with E-state index in [4.69, 9.17) is 0 Å². The minimum atomic E-state index is -0.0992. The summed E-state index contributed by atoms with van der Waals surface area (Å²) in [6, 6.07) is -0.185. The smallest absolute Gasteiger partial charge is 0.318 e. The summed E-state index contributed by atoms with van der Waals surface area (Å²) < 4.78 is 0. The number of aromatic nitrogens is 3. The second-order valence-corrected chi connectivity index (χ2v) is 7.08. The first-order chi connectivity index (χ1) is 11.0. The van der Waals surface area contributed by atoms with E-state index < -0.39 is 0 Å². The molecule has 0 radical (unpaired) electrons. The maximum absolute atomic E-state index is 12.4. The van der Waals surface area contributed by atoms with Gasteiger partial charge in [-0.25, -0.2) is 9.78 Å². The van der Waals surface area contributed by atoms with E-state index in [0.717, 1.165) is 29.2 Å².